The third kappa shape index (κ3) is 4.46. The first-order valence-corrected chi connectivity index (χ1v) is 9.72. The fraction of sp³-hybridized carbons (Fsp3) is 0.409. The Morgan fingerprint density at radius 3 is 2.89 bits per heavy atom. The molecule has 150 valence electrons. The summed E-state index contributed by atoms with van der Waals surface area (Å²) in [5, 5.41) is 2.88. The lowest BCUT2D eigenvalue weighted by atomic mass is 9.76. The van der Waals surface area contributed by atoms with Crippen LogP contribution in [-0.2, 0) is 4.79 Å². The Kier molecular flexibility index (Phi) is 6.54. The summed E-state index contributed by atoms with van der Waals surface area (Å²) in [4.78, 5) is 12.4. The van der Waals surface area contributed by atoms with Gasteiger partial charge in [-0.1, -0.05) is 37.3 Å². The smallest absolute Gasteiger partial charge is 0.248 e. The summed E-state index contributed by atoms with van der Waals surface area (Å²) < 4.78 is 10.8. The maximum absolute atomic E-state index is 12.4. The van der Waals surface area contributed by atoms with Crippen molar-refractivity contribution < 1.29 is 14.3 Å². The van der Waals surface area contributed by atoms with Gasteiger partial charge in [0.25, 0.3) is 0 Å². The fourth-order valence-electron chi connectivity index (χ4n) is 3.55. The lowest BCUT2D eigenvalue weighted by molar-refractivity contribution is -0.111. The number of amides is 1. The number of nitrogens with one attached hydrogen (secondary N) is 3. The van der Waals surface area contributed by atoms with Gasteiger partial charge in [-0.05, 0) is 31.9 Å². The molecule has 3 atom stereocenters. The predicted octanol–water partition coefficient (Wildman–Crippen LogP) is 3.35. The fourth-order valence-corrected chi connectivity index (χ4v) is 3.55. The third-order valence-corrected chi connectivity index (χ3v) is 5.21. The molecule has 0 radical (unpaired) electrons. The number of methoxy groups -OCH3 is 1. The van der Waals surface area contributed by atoms with Crippen LogP contribution in [0.4, 0.5) is 5.69 Å². The molecule has 2 aliphatic rings. The van der Waals surface area contributed by atoms with Gasteiger partial charge >= 0.3 is 0 Å². The molecule has 1 aromatic rings. The van der Waals surface area contributed by atoms with Crippen molar-refractivity contribution in [1.82, 2.24) is 10.9 Å². The van der Waals surface area contributed by atoms with E-state index < -0.39 is 0 Å². The molecule has 0 bridgehead atoms. The molecule has 3 rings (SSSR count). The van der Waals surface area contributed by atoms with E-state index in [0.29, 0.717) is 23.8 Å². The molecule has 1 saturated heterocycles. The number of benzene rings is 1. The SMILES string of the molecule is CCOc1ccc(NC(=O)/C=C/C2NNC3/C=C\CC/C=C\C32C)cc1OC. The van der Waals surface area contributed by atoms with E-state index in [1.165, 1.54) is 0 Å². The number of ether oxygens (including phenoxy) is 2. The van der Waals surface area contributed by atoms with Crippen molar-refractivity contribution in [3.8, 4) is 11.5 Å². The first-order chi connectivity index (χ1) is 13.6. The van der Waals surface area contributed by atoms with Crippen LogP contribution in [0.5, 0.6) is 11.5 Å². The molecule has 6 nitrogen and oxygen atoms in total. The number of hydrazine groups is 1. The Morgan fingerprint density at radius 2 is 2.11 bits per heavy atom. The number of anilines is 1. The Morgan fingerprint density at radius 1 is 1.29 bits per heavy atom. The second-order valence-corrected chi connectivity index (χ2v) is 7.16. The molecular formula is C22H29N3O3. The number of hydrogen-bond donors (Lipinski definition) is 3. The first kappa shape index (κ1) is 20.2. The van der Waals surface area contributed by atoms with Gasteiger partial charge in [0.05, 0.1) is 19.8 Å². The normalized spacial score (nSPS) is 28.8. The molecule has 1 fully saturated rings. The standard InChI is InChI=1S/C22H29N3O3/c1-4-28-17-11-10-16(15-18(17)27-3)23-21(26)13-12-20-22(2)14-8-6-5-7-9-19(22)24-25-20/h7-15,19-20,24-25H,4-6H2,1-3H3,(H,23,26)/b9-7-,13-12+,14-8-. The summed E-state index contributed by atoms with van der Waals surface area (Å²) in [5.41, 5.74) is 7.15. The molecule has 3 unspecified atom stereocenters. The summed E-state index contributed by atoms with van der Waals surface area (Å²) >= 11 is 0. The Labute approximate surface area is 166 Å². The topological polar surface area (TPSA) is 71.6 Å². The van der Waals surface area contributed by atoms with E-state index in [9.17, 15) is 4.79 Å². The Bertz CT molecular complexity index is 787. The van der Waals surface area contributed by atoms with Crippen LogP contribution in [0.1, 0.15) is 26.7 Å². The Balaban J connectivity index is 1.67. The van der Waals surface area contributed by atoms with Gasteiger partial charge in [0.1, 0.15) is 0 Å². The number of allylic oxidation sites excluding steroid dienone is 2. The van der Waals surface area contributed by atoms with Gasteiger partial charge in [0.15, 0.2) is 11.5 Å². The third-order valence-electron chi connectivity index (χ3n) is 5.21. The molecule has 1 aliphatic carbocycles. The Hall–Kier alpha value is -2.57. The second-order valence-electron chi connectivity index (χ2n) is 7.16. The summed E-state index contributed by atoms with van der Waals surface area (Å²) in [7, 11) is 1.58. The lowest BCUT2D eigenvalue weighted by Gasteiger charge is -2.29. The number of carbonyl (C=O) groups is 1. The monoisotopic (exact) mass is 383 g/mol. The first-order valence-electron chi connectivity index (χ1n) is 9.72. The van der Waals surface area contributed by atoms with Gasteiger partial charge in [-0.2, -0.15) is 0 Å². The maximum Gasteiger partial charge on any atom is 0.248 e. The molecule has 1 aliphatic heterocycles. The average molecular weight is 383 g/mol. The highest BCUT2D eigenvalue weighted by Gasteiger charge is 2.42. The minimum Gasteiger partial charge on any atom is -0.493 e. The minimum absolute atomic E-state index is 0.0112. The van der Waals surface area contributed by atoms with Gasteiger partial charge in [-0.15, -0.1) is 0 Å². The van der Waals surface area contributed by atoms with Gasteiger partial charge in [-0.3, -0.25) is 4.79 Å². The number of carbonyl (C=O) groups excluding carboxylic acids is 1. The zero-order valence-corrected chi connectivity index (χ0v) is 16.7. The molecule has 0 saturated carbocycles. The van der Waals surface area contributed by atoms with Crippen LogP contribution in [0, 0.1) is 5.41 Å². The minimum atomic E-state index is -0.189. The number of rotatable bonds is 6. The zero-order valence-electron chi connectivity index (χ0n) is 16.7. The van der Waals surface area contributed by atoms with Crippen LogP contribution < -0.4 is 25.6 Å². The highest BCUT2D eigenvalue weighted by molar-refractivity contribution is 5.99. The van der Waals surface area contributed by atoms with Crippen molar-refractivity contribution in [3.63, 3.8) is 0 Å². The van der Waals surface area contributed by atoms with E-state index in [2.05, 4.69) is 47.4 Å². The van der Waals surface area contributed by atoms with Crippen molar-refractivity contribution in [3.05, 3.63) is 54.7 Å². The van der Waals surface area contributed by atoms with Crippen LogP contribution in [0.3, 0.4) is 0 Å². The summed E-state index contributed by atoms with van der Waals surface area (Å²) in [6.45, 7) is 4.66. The highest BCUT2D eigenvalue weighted by atomic mass is 16.5. The van der Waals surface area contributed by atoms with E-state index in [0.717, 1.165) is 12.8 Å². The summed E-state index contributed by atoms with van der Waals surface area (Å²) in [5.74, 6) is 1.06. The zero-order chi connectivity index (χ0) is 20.0. The molecule has 0 aromatic heterocycles. The van der Waals surface area contributed by atoms with Gasteiger partial charge in [0.2, 0.25) is 5.91 Å². The van der Waals surface area contributed by atoms with E-state index in [1.807, 2.05) is 13.0 Å². The van der Waals surface area contributed by atoms with E-state index in [4.69, 9.17) is 9.47 Å². The van der Waals surface area contributed by atoms with E-state index in [-0.39, 0.29) is 23.4 Å². The second kappa shape index (κ2) is 9.08. The number of hydrogen-bond acceptors (Lipinski definition) is 5. The number of fused-ring (bicyclic) bond motifs is 1. The predicted molar refractivity (Wildman–Crippen MR) is 111 cm³/mol. The molecule has 1 aromatic carbocycles. The summed E-state index contributed by atoms with van der Waals surface area (Å²) in [6.07, 6.45) is 14.5. The van der Waals surface area contributed by atoms with Gasteiger partial charge < -0.3 is 14.8 Å². The molecule has 6 heteroatoms. The van der Waals surface area contributed by atoms with Gasteiger partial charge in [0, 0.05) is 29.3 Å². The van der Waals surface area contributed by atoms with Crippen molar-refractivity contribution in [2.45, 2.75) is 38.8 Å². The molecule has 1 amide bonds. The largest absolute Gasteiger partial charge is 0.493 e. The van der Waals surface area contributed by atoms with E-state index in [1.54, 1.807) is 31.4 Å². The van der Waals surface area contributed by atoms with Crippen LogP contribution in [-0.4, -0.2) is 31.7 Å². The molecular weight excluding hydrogens is 354 g/mol. The molecule has 0 spiro atoms. The van der Waals surface area contributed by atoms with Crippen molar-refractivity contribution >= 4 is 11.6 Å². The molecule has 28 heavy (non-hydrogen) atoms. The maximum atomic E-state index is 12.4. The van der Waals surface area contributed by atoms with Crippen LogP contribution >= 0.6 is 0 Å². The van der Waals surface area contributed by atoms with Crippen LogP contribution in [0.25, 0.3) is 0 Å². The molecule has 1 heterocycles. The van der Waals surface area contributed by atoms with E-state index >= 15 is 0 Å². The lowest BCUT2D eigenvalue weighted by Crippen LogP contribution is -2.36. The van der Waals surface area contributed by atoms with Crippen molar-refractivity contribution in [2.24, 2.45) is 5.41 Å². The van der Waals surface area contributed by atoms with Crippen LogP contribution in [0.2, 0.25) is 0 Å². The van der Waals surface area contributed by atoms with Crippen molar-refractivity contribution in [1.29, 1.82) is 0 Å². The quantitative estimate of drug-likeness (QED) is 0.519. The average Bonchev–Trinajstić information content (AvgIpc) is 2.97. The highest BCUT2D eigenvalue weighted by Crippen LogP contribution is 2.35. The summed E-state index contributed by atoms with van der Waals surface area (Å²) in [6, 6.07) is 5.55. The van der Waals surface area contributed by atoms with Crippen LogP contribution in [0.15, 0.2) is 54.7 Å². The van der Waals surface area contributed by atoms with Crippen molar-refractivity contribution in [2.75, 3.05) is 19.0 Å². The molecule has 3 N–H and O–H groups in total. The van der Waals surface area contributed by atoms with Gasteiger partial charge in [-0.25, -0.2) is 10.9 Å².